The molecule has 4 heteroatoms. The summed E-state index contributed by atoms with van der Waals surface area (Å²) < 4.78 is 0. The Morgan fingerprint density at radius 3 is 2.83 bits per heavy atom. The van der Waals surface area contributed by atoms with Crippen molar-refractivity contribution in [2.75, 3.05) is 18.9 Å². The number of amides is 1. The minimum Gasteiger partial charge on any atom is -0.394 e. The monoisotopic (exact) mass is 265 g/mol. The van der Waals surface area contributed by atoms with Gasteiger partial charge < -0.3 is 10.0 Å². The van der Waals surface area contributed by atoms with Gasteiger partial charge in [0.05, 0.1) is 18.4 Å². The van der Waals surface area contributed by atoms with Crippen LogP contribution in [0.1, 0.15) is 18.4 Å². The lowest BCUT2D eigenvalue weighted by Crippen LogP contribution is -2.38. The number of rotatable bonds is 4. The van der Waals surface area contributed by atoms with Crippen LogP contribution in [0.15, 0.2) is 29.2 Å². The highest BCUT2D eigenvalue weighted by Crippen LogP contribution is 2.22. The molecule has 0 unspecified atom stereocenters. The summed E-state index contributed by atoms with van der Waals surface area (Å²) in [5.41, 5.74) is 1.23. The topological polar surface area (TPSA) is 40.5 Å². The van der Waals surface area contributed by atoms with E-state index in [4.69, 9.17) is 0 Å². The van der Waals surface area contributed by atoms with Crippen LogP contribution in [-0.4, -0.2) is 40.9 Å². The second-order valence-corrected chi connectivity index (χ2v) is 5.72. The van der Waals surface area contributed by atoms with E-state index in [2.05, 4.69) is 19.1 Å². The smallest absolute Gasteiger partial charge is 0.233 e. The fraction of sp³-hybridized carbons (Fsp3) is 0.500. The van der Waals surface area contributed by atoms with Crippen LogP contribution in [0.2, 0.25) is 0 Å². The Morgan fingerprint density at radius 2 is 2.17 bits per heavy atom. The zero-order valence-electron chi connectivity index (χ0n) is 10.6. The van der Waals surface area contributed by atoms with Gasteiger partial charge in [-0.2, -0.15) is 0 Å². The summed E-state index contributed by atoms with van der Waals surface area (Å²) in [5.74, 6) is 0.594. The van der Waals surface area contributed by atoms with Gasteiger partial charge >= 0.3 is 0 Å². The molecule has 98 valence electrons. The molecule has 1 aromatic carbocycles. The Labute approximate surface area is 112 Å². The first-order valence-corrected chi connectivity index (χ1v) is 7.29. The fourth-order valence-corrected chi connectivity index (χ4v) is 3.00. The Kier molecular flexibility index (Phi) is 4.66. The Balaban J connectivity index is 1.86. The molecule has 18 heavy (non-hydrogen) atoms. The fourth-order valence-electron chi connectivity index (χ4n) is 2.22. The maximum atomic E-state index is 12.0. The number of thioether (sulfide) groups is 1. The summed E-state index contributed by atoms with van der Waals surface area (Å²) in [7, 11) is 0. The molecule has 1 amide bonds. The summed E-state index contributed by atoms with van der Waals surface area (Å²) in [6.45, 7) is 2.93. The van der Waals surface area contributed by atoms with Gasteiger partial charge in [0.25, 0.3) is 0 Å². The van der Waals surface area contributed by atoms with Crippen molar-refractivity contribution in [2.24, 2.45) is 0 Å². The van der Waals surface area contributed by atoms with E-state index in [1.165, 1.54) is 5.56 Å². The summed E-state index contributed by atoms with van der Waals surface area (Å²) in [5, 5.41) is 9.20. The molecule has 1 saturated heterocycles. The van der Waals surface area contributed by atoms with Crippen molar-refractivity contribution in [3.05, 3.63) is 29.8 Å². The van der Waals surface area contributed by atoms with Crippen molar-refractivity contribution >= 4 is 17.7 Å². The van der Waals surface area contributed by atoms with E-state index in [1.54, 1.807) is 11.8 Å². The minimum atomic E-state index is 0.0381. The number of carbonyl (C=O) groups excluding carboxylic acids is 1. The van der Waals surface area contributed by atoms with E-state index >= 15 is 0 Å². The molecular weight excluding hydrogens is 246 g/mol. The van der Waals surface area contributed by atoms with Crippen LogP contribution < -0.4 is 0 Å². The van der Waals surface area contributed by atoms with Crippen LogP contribution >= 0.6 is 11.8 Å². The highest BCUT2D eigenvalue weighted by molar-refractivity contribution is 8.00. The number of aliphatic hydroxyl groups excluding tert-OH is 1. The number of carbonyl (C=O) groups is 1. The van der Waals surface area contributed by atoms with Crippen LogP contribution in [0.4, 0.5) is 0 Å². The van der Waals surface area contributed by atoms with E-state index in [-0.39, 0.29) is 18.6 Å². The third-order valence-corrected chi connectivity index (χ3v) is 4.29. The number of hydrogen-bond acceptors (Lipinski definition) is 3. The molecule has 0 aliphatic carbocycles. The van der Waals surface area contributed by atoms with Gasteiger partial charge in [-0.1, -0.05) is 17.7 Å². The van der Waals surface area contributed by atoms with E-state index in [1.807, 2.05) is 17.0 Å². The van der Waals surface area contributed by atoms with Crippen molar-refractivity contribution in [1.29, 1.82) is 0 Å². The molecule has 0 aromatic heterocycles. The van der Waals surface area contributed by atoms with Crippen molar-refractivity contribution < 1.29 is 9.90 Å². The Bertz CT molecular complexity index is 405. The SMILES string of the molecule is Cc1ccc(SCC(=O)N2CCC[C@H]2CO)cc1. The minimum absolute atomic E-state index is 0.0381. The molecule has 1 aromatic rings. The number of likely N-dealkylation sites (tertiary alicyclic amines) is 1. The summed E-state index contributed by atoms with van der Waals surface area (Å²) >= 11 is 1.56. The van der Waals surface area contributed by atoms with Gasteiger partial charge in [-0.25, -0.2) is 0 Å². The Hall–Kier alpha value is -1.00. The van der Waals surface area contributed by atoms with Crippen LogP contribution in [-0.2, 0) is 4.79 Å². The standard InChI is InChI=1S/C14H19NO2S/c1-11-4-6-13(7-5-11)18-10-14(17)15-8-2-3-12(15)9-16/h4-7,12,16H,2-3,8-10H2,1H3/t12-/m0/s1. The van der Waals surface area contributed by atoms with Crippen molar-refractivity contribution in [3.8, 4) is 0 Å². The maximum absolute atomic E-state index is 12.0. The lowest BCUT2D eigenvalue weighted by atomic mass is 10.2. The summed E-state index contributed by atoms with van der Waals surface area (Å²) in [6, 6.07) is 8.23. The first-order chi connectivity index (χ1) is 8.70. The lowest BCUT2D eigenvalue weighted by Gasteiger charge is -2.22. The molecule has 1 aliphatic rings. The highest BCUT2D eigenvalue weighted by atomic mass is 32.2. The van der Waals surface area contributed by atoms with Crippen molar-refractivity contribution in [2.45, 2.75) is 30.7 Å². The number of hydrogen-bond donors (Lipinski definition) is 1. The zero-order chi connectivity index (χ0) is 13.0. The molecule has 1 atom stereocenters. The van der Waals surface area contributed by atoms with Gasteiger partial charge in [0.15, 0.2) is 0 Å². The number of benzene rings is 1. The number of aliphatic hydroxyl groups is 1. The highest BCUT2D eigenvalue weighted by Gasteiger charge is 2.27. The third kappa shape index (κ3) is 3.27. The molecular formula is C14H19NO2S. The normalized spacial score (nSPS) is 19.2. The van der Waals surface area contributed by atoms with E-state index in [0.29, 0.717) is 5.75 Å². The second kappa shape index (κ2) is 6.25. The van der Waals surface area contributed by atoms with Crippen LogP contribution in [0.25, 0.3) is 0 Å². The summed E-state index contributed by atoms with van der Waals surface area (Å²) in [6.07, 6.45) is 1.93. The third-order valence-electron chi connectivity index (χ3n) is 3.29. The van der Waals surface area contributed by atoms with Gasteiger partial charge in [-0.3, -0.25) is 4.79 Å². The van der Waals surface area contributed by atoms with Gasteiger partial charge in [0, 0.05) is 11.4 Å². The molecule has 1 aliphatic heterocycles. The quantitative estimate of drug-likeness (QED) is 0.847. The summed E-state index contributed by atoms with van der Waals surface area (Å²) in [4.78, 5) is 15.0. The molecule has 0 spiro atoms. The van der Waals surface area contributed by atoms with Gasteiger partial charge in [0.1, 0.15) is 0 Å². The van der Waals surface area contributed by atoms with Crippen molar-refractivity contribution in [3.63, 3.8) is 0 Å². The predicted molar refractivity (Wildman–Crippen MR) is 73.7 cm³/mol. The maximum Gasteiger partial charge on any atom is 0.233 e. The molecule has 1 heterocycles. The van der Waals surface area contributed by atoms with Crippen LogP contribution in [0.3, 0.4) is 0 Å². The molecule has 0 bridgehead atoms. The lowest BCUT2D eigenvalue weighted by molar-refractivity contribution is -0.129. The Morgan fingerprint density at radius 1 is 1.44 bits per heavy atom. The van der Waals surface area contributed by atoms with E-state index < -0.39 is 0 Å². The average Bonchev–Trinajstić information content (AvgIpc) is 2.86. The van der Waals surface area contributed by atoms with Crippen molar-refractivity contribution in [1.82, 2.24) is 4.90 Å². The van der Waals surface area contributed by atoms with Gasteiger partial charge in [-0.15, -0.1) is 11.8 Å². The van der Waals surface area contributed by atoms with Gasteiger partial charge in [0.2, 0.25) is 5.91 Å². The first kappa shape index (κ1) is 13.4. The van der Waals surface area contributed by atoms with E-state index in [9.17, 15) is 9.90 Å². The molecule has 0 radical (unpaired) electrons. The molecule has 1 N–H and O–H groups in total. The van der Waals surface area contributed by atoms with Crippen LogP contribution in [0, 0.1) is 6.92 Å². The average molecular weight is 265 g/mol. The zero-order valence-corrected chi connectivity index (χ0v) is 11.4. The second-order valence-electron chi connectivity index (χ2n) is 4.67. The largest absolute Gasteiger partial charge is 0.394 e. The van der Waals surface area contributed by atoms with E-state index in [0.717, 1.165) is 24.3 Å². The number of nitrogens with zero attached hydrogens (tertiary/aromatic N) is 1. The predicted octanol–water partition coefficient (Wildman–Crippen LogP) is 2.07. The molecule has 0 saturated carbocycles. The van der Waals surface area contributed by atoms with Gasteiger partial charge in [-0.05, 0) is 31.9 Å². The molecule has 2 rings (SSSR count). The number of aryl methyl sites for hydroxylation is 1. The molecule has 3 nitrogen and oxygen atoms in total. The van der Waals surface area contributed by atoms with Crippen LogP contribution in [0.5, 0.6) is 0 Å². The first-order valence-electron chi connectivity index (χ1n) is 6.30. The molecule has 1 fully saturated rings.